The van der Waals surface area contributed by atoms with Crippen molar-refractivity contribution in [2.24, 2.45) is 0 Å². The smallest absolute Gasteiger partial charge is 0.115 e. The summed E-state index contributed by atoms with van der Waals surface area (Å²) in [5.74, 6) is 0. The van der Waals surface area contributed by atoms with Crippen molar-refractivity contribution in [1.29, 1.82) is 0 Å². The summed E-state index contributed by atoms with van der Waals surface area (Å²) in [6.45, 7) is 1.86. The largest absolute Gasteiger partial charge is 0.381 e. The third-order valence-electron chi connectivity index (χ3n) is 4.78. The number of nitrogens with zero attached hydrogens (tertiary/aromatic N) is 3. The summed E-state index contributed by atoms with van der Waals surface area (Å²) in [5.41, 5.74) is 2.68. The molecule has 2 atom stereocenters. The Balaban J connectivity index is 1.67. The minimum Gasteiger partial charge on any atom is -0.381 e. The molecule has 2 unspecified atom stereocenters. The Morgan fingerprint density at radius 1 is 1.11 bits per heavy atom. The van der Waals surface area contributed by atoms with Crippen molar-refractivity contribution < 1.29 is 4.74 Å². The summed E-state index contributed by atoms with van der Waals surface area (Å²) < 4.78 is 5.50. The first-order valence-electron chi connectivity index (χ1n) is 7.07. The Morgan fingerprint density at radius 2 is 2.00 bits per heavy atom. The molecule has 3 aliphatic rings. The first kappa shape index (κ1) is 10.9. The molecule has 0 saturated carbocycles. The van der Waals surface area contributed by atoms with Crippen LogP contribution < -0.4 is 0 Å². The lowest BCUT2D eigenvalue weighted by molar-refractivity contribution is 0.00906. The van der Waals surface area contributed by atoms with Crippen molar-refractivity contribution in [2.75, 3.05) is 13.2 Å². The molecule has 1 aromatic rings. The Morgan fingerprint density at radius 3 is 2.89 bits per heavy atom. The van der Waals surface area contributed by atoms with Gasteiger partial charge in [0.05, 0.1) is 5.69 Å². The molecule has 2 bridgehead atoms. The molecule has 2 saturated heterocycles. The van der Waals surface area contributed by atoms with Crippen molar-refractivity contribution >= 4 is 0 Å². The second kappa shape index (κ2) is 4.28. The highest BCUT2D eigenvalue weighted by atomic mass is 16.5. The third-order valence-corrected chi connectivity index (χ3v) is 4.78. The number of ether oxygens (including phenoxy) is 1. The van der Waals surface area contributed by atoms with Gasteiger partial charge in [-0.15, -0.1) is 0 Å². The zero-order chi connectivity index (χ0) is 11.9. The van der Waals surface area contributed by atoms with Crippen LogP contribution in [0.15, 0.2) is 12.5 Å². The molecule has 3 aliphatic heterocycles. The van der Waals surface area contributed by atoms with E-state index in [1.165, 1.54) is 36.9 Å². The molecule has 1 aromatic heterocycles. The van der Waals surface area contributed by atoms with Crippen LogP contribution in [-0.2, 0) is 11.2 Å². The maximum Gasteiger partial charge on any atom is 0.115 e. The fourth-order valence-corrected chi connectivity index (χ4v) is 4.00. The molecule has 4 heterocycles. The van der Waals surface area contributed by atoms with Gasteiger partial charge < -0.3 is 4.74 Å². The summed E-state index contributed by atoms with van der Waals surface area (Å²) in [6.07, 6.45) is 9.84. The number of hydrogen-bond acceptors (Lipinski definition) is 4. The average molecular weight is 245 g/mol. The Kier molecular flexibility index (Phi) is 2.59. The SMILES string of the molecule is c1ncc2c(n1)CC1CCC2N1C1CCOCC1. The summed E-state index contributed by atoms with van der Waals surface area (Å²) in [7, 11) is 0. The van der Waals surface area contributed by atoms with Crippen LogP contribution >= 0.6 is 0 Å². The molecule has 4 rings (SSSR count). The van der Waals surface area contributed by atoms with Gasteiger partial charge in [-0.1, -0.05) is 0 Å². The van der Waals surface area contributed by atoms with Crippen molar-refractivity contribution in [1.82, 2.24) is 14.9 Å². The summed E-state index contributed by atoms with van der Waals surface area (Å²) in [4.78, 5) is 11.5. The van der Waals surface area contributed by atoms with E-state index in [-0.39, 0.29) is 0 Å². The zero-order valence-electron chi connectivity index (χ0n) is 10.6. The maximum atomic E-state index is 5.50. The van der Waals surface area contributed by atoms with E-state index in [0.717, 1.165) is 19.6 Å². The molecular weight excluding hydrogens is 226 g/mol. The van der Waals surface area contributed by atoms with Crippen molar-refractivity contribution in [3.63, 3.8) is 0 Å². The topological polar surface area (TPSA) is 38.2 Å². The van der Waals surface area contributed by atoms with Gasteiger partial charge in [-0.05, 0) is 25.7 Å². The highest BCUT2D eigenvalue weighted by molar-refractivity contribution is 5.28. The molecule has 0 radical (unpaired) electrons. The quantitative estimate of drug-likeness (QED) is 0.755. The highest BCUT2D eigenvalue weighted by Crippen LogP contribution is 2.45. The van der Waals surface area contributed by atoms with E-state index in [2.05, 4.69) is 14.9 Å². The van der Waals surface area contributed by atoms with E-state index in [0.29, 0.717) is 18.1 Å². The molecular formula is C14H19N3O. The minimum atomic E-state index is 0.572. The van der Waals surface area contributed by atoms with Gasteiger partial charge in [-0.3, -0.25) is 4.90 Å². The number of rotatable bonds is 1. The van der Waals surface area contributed by atoms with Crippen LogP contribution in [0.1, 0.15) is 43.0 Å². The van der Waals surface area contributed by atoms with E-state index < -0.39 is 0 Å². The molecule has 96 valence electrons. The van der Waals surface area contributed by atoms with Gasteiger partial charge in [0.1, 0.15) is 6.33 Å². The molecule has 0 amide bonds. The van der Waals surface area contributed by atoms with Gasteiger partial charge in [0, 0.05) is 49.5 Å². The van der Waals surface area contributed by atoms with Crippen LogP contribution in [0.3, 0.4) is 0 Å². The van der Waals surface area contributed by atoms with Gasteiger partial charge in [-0.25, -0.2) is 9.97 Å². The number of fused-ring (bicyclic) bond motifs is 4. The fraction of sp³-hybridized carbons (Fsp3) is 0.714. The molecule has 0 spiro atoms. The predicted octanol–water partition coefficient (Wildman–Crippen LogP) is 1.72. The average Bonchev–Trinajstić information content (AvgIpc) is 2.75. The second-order valence-electron chi connectivity index (χ2n) is 5.67. The summed E-state index contributed by atoms with van der Waals surface area (Å²) in [6, 6.07) is 1.99. The van der Waals surface area contributed by atoms with Gasteiger partial charge >= 0.3 is 0 Å². The van der Waals surface area contributed by atoms with Gasteiger partial charge in [0.25, 0.3) is 0 Å². The molecule has 4 nitrogen and oxygen atoms in total. The van der Waals surface area contributed by atoms with Gasteiger partial charge in [0.15, 0.2) is 0 Å². The molecule has 0 aliphatic carbocycles. The lowest BCUT2D eigenvalue weighted by Gasteiger charge is -2.42. The lowest BCUT2D eigenvalue weighted by atomic mass is 9.94. The maximum absolute atomic E-state index is 5.50. The monoisotopic (exact) mass is 245 g/mol. The first-order valence-corrected chi connectivity index (χ1v) is 7.07. The van der Waals surface area contributed by atoms with Crippen LogP contribution in [0.2, 0.25) is 0 Å². The molecule has 4 heteroatoms. The predicted molar refractivity (Wildman–Crippen MR) is 67.2 cm³/mol. The molecule has 18 heavy (non-hydrogen) atoms. The minimum absolute atomic E-state index is 0.572. The second-order valence-corrected chi connectivity index (χ2v) is 5.67. The zero-order valence-corrected chi connectivity index (χ0v) is 10.6. The standard InChI is InChI=1S/C14H19N3O/c1-2-14-12-8-15-9-16-13(12)7-11(1)17(14)10-3-5-18-6-4-10/h8-11,14H,1-7H2. The number of hydrogen-bond donors (Lipinski definition) is 0. The van der Waals surface area contributed by atoms with Crippen LogP contribution in [0.5, 0.6) is 0 Å². The summed E-state index contributed by atoms with van der Waals surface area (Å²) in [5, 5.41) is 0. The third kappa shape index (κ3) is 1.59. The molecule has 0 N–H and O–H groups in total. The normalized spacial score (nSPS) is 32.4. The Bertz CT molecular complexity index is 444. The van der Waals surface area contributed by atoms with Gasteiger partial charge in [-0.2, -0.15) is 0 Å². The van der Waals surface area contributed by atoms with Crippen LogP contribution in [0, 0.1) is 0 Å². The van der Waals surface area contributed by atoms with Crippen molar-refractivity contribution in [3.05, 3.63) is 23.8 Å². The lowest BCUT2D eigenvalue weighted by Crippen LogP contribution is -2.47. The molecule has 0 aromatic carbocycles. The van der Waals surface area contributed by atoms with Crippen LogP contribution in [0.4, 0.5) is 0 Å². The van der Waals surface area contributed by atoms with E-state index in [1.54, 1.807) is 6.33 Å². The van der Waals surface area contributed by atoms with E-state index in [4.69, 9.17) is 4.74 Å². The first-order chi connectivity index (χ1) is 8.93. The van der Waals surface area contributed by atoms with E-state index in [1.807, 2.05) is 6.20 Å². The van der Waals surface area contributed by atoms with Gasteiger partial charge in [0.2, 0.25) is 0 Å². The van der Waals surface area contributed by atoms with E-state index in [9.17, 15) is 0 Å². The Labute approximate surface area is 107 Å². The van der Waals surface area contributed by atoms with Crippen molar-refractivity contribution in [3.8, 4) is 0 Å². The molecule has 2 fully saturated rings. The van der Waals surface area contributed by atoms with Crippen LogP contribution in [0.25, 0.3) is 0 Å². The van der Waals surface area contributed by atoms with Crippen molar-refractivity contribution in [2.45, 2.75) is 50.2 Å². The van der Waals surface area contributed by atoms with E-state index >= 15 is 0 Å². The van der Waals surface area contributed by atoms with Crippen LogP contribution in [-0.4, -0.2) is 40.2 Å². The number of aromatic nitrogens is 2. The highest BCUT2D eigenvalue weighted by Gasteiger charge is 2.43. The fourth-order valence-electron chi connectivity index (χ4n) is 4.00. The summed E-state index contributed by atoms with van der Waals surface area (Å²) >= 11 is 0. The Hall–Kier alpha value is -1.00.